The van der Waals surface area contributed by atoms with E-state index in [-0.39, 0.29) is 0 Å². The number of carbonyl (C=O) groups excluding carboxylic acids is 1. The first-order chi connectivity index (χ1) is 8.41. The molecule has 3 nitrogen and oxygen atoms in total. The van der Waals surface area contributed by atoms with Crippen LogP contribution < -0.4 is 0 Å². The van der Waals surface area contributed by atoms with E-state index in [4.69, 9.17) is 4.74 Å². The second kappa shape index (κ2) is 15.3. The van der Waals surface area contributed by atoms with Gasteiger partial charge in [-0.05, 0) is 19.3 Å². The van der Waals surface area contributed by atoms with Gasteiger partial charge < -0.3 is 4.74 Å². The van der Waals surface area contributed by atoms with Crippen LogP contribution in [-0.2, 0) is 9.53 Å². The summed E-state index contributed by atoms with van der Waals surface area (Å²) in [7, 11) is 0. The highest BCUT2D eigenvalue weighted by atomic mass is 16.5. The molecular formula is C14H27NO2. The summed E-state index contributed by atoms with van der Waals surface area (Å²) in [5.41, 5.74) is 0. The lowest BCUT2D eigenvalue weighted by molar-refractivity contribution is 0.126. The lowest BCUT2D eigenvalue weighted by atomic mass is 10.1. The molecule has 0 aliphatic heterocycles. The van der Waals surface area contributed by atoms with Crippen LogP contribution in [0.25, 0.3) is 0 Å². The largest absolute Gasteiger partial charge is 0.381 e. The van der Waals surface area contributed by atoms with E-state index in [2.05, 4.69) is 11.9 Å². The lowest BCUT2D eigenvalue weighted by Gasteiger charge is -2.03. The first-order valence-electron chi connectivity index (χ1n) is 7.03. The van der Waals surface area contributed by atoms with Crippen molar-refractivity contribution in [1.82, 2.24) is 0 Å². The quantitative estimate of drug-likeness (QED) is 0.279. The predicted molar refractivity (Wildman–Crippen MR) is 71.0 cm³/mol. The zero-order chi connectivity index (χ0) is 12.6. The predicted octanol–water partition coefficient (Wildman–Crippen LogP) is 3.87. The van der Waals surface area contributed by atoms with Crippen LogP contribution >= 0.6 is 0 Å². The second-order valence-corrected chi connectivity index (χ2v) is 4.41. The van der Waals surface area contributed by atoms with Gasteiger partial charge in [-0.1, -0.05) is 45.4 Å². The smallest absolute Gasteiger partial charge is 0.234 e. The van der Waals surface area contributed by atoms with Gasteiger partial charge in [-0.3, -0.25) is 0 Å². The van der Waals surface area contributed by atoms with Gasteiger partial charge in [0.1, 0.15) is 0 Å². The Hall–Kier alpha value is -0.660. The molecule has 0 atom stereocenters. The van der Waals surface area contributed by atoms with Gasteiger partial charge in [-0.2, -0.15) is 0 Å². The van der Waals surface area contributed by atoms with Crippen LogP contribution in [0, 0.1) is 0 Å². The summed E-state index contributed by atoms with van der Waals surface area (Å²) in [5.74, 6) is 0. The van der Waals surface area contributed by atoms with Gasteiger partial charge in [0.25, 0.3) is 0 Å². The van der Waals surface area contributed by atoms with Crippen molar-refractivity contribution in [1.29, 1.82) is 0 Å². The number of unbranched alkanes of at least 4 members (excludes halogenated alkanes) is 7. The molecule has 0 spiro atoms. The van der Waals surface area contributed by atoms with Crippen LogP contribution in [0.3, 0.4) is 0 Å². The zero-order valence-corrected chi connectivity index (χ0v) is 11.2. The van der Waals surface area contributed by atoms with Crippen molar-refractivity contribution in [2.24, 2.45) is 4.99 Å². The van der Waals surface area contributed by atoms with Crippen molar-refractivity contribution in [2.75, 3.05) is 19.8 Å². The first kappa shape index (κ1) is 16.3. The molecule has 17 heavy (non-hydrogen) atoms. The number of aliphatic imine (C=N–C) groups is 1. The van der Waals surface area contributed by atoms with Gasteiger partial charge in [0.05, 0.1) is 6.54 Å². The normalized spacial score (nSPS) is 10.2. The molecule has 3 heteroatoms. The molecule has 0 radical (unpaired) electrons. The zero-order valence-electron chi connectivity index (χ0n) is 11.2. The molecule has 0 saturated carbocycles. The molecule has 0 amide bonds. The van der Waals surface area contributed by atoms with Crippen LogP contribution in [0.15, 0.2) is 4.99 Å². The molecule has 0 saturated heterocycles. The molecule has 0 aliphatic rings. The Morgan fingerprint density at radius 2 is 1.47 bits per heavy atom. The van der Waals surface area contributed by atoms with Crippen molar-refractivity contribution in [2.45, 2.75) is 64.7 Å². The van der Waals surface area contributed by atoms with E-state index in [9.17, 15) is 4.79 Å². The second-order valence-electron chi connectivity index (χ2n) is 4.41. The monoisotopic (exact) mass is 241 g/mol. The maximum absolute atomic E-state index is 9.80. The molecule has 0 aromatic carbocycles. The van der Waals surface area contributed by atoms with Gasteiger partial charge in [0, 0.05) is 13.2 Å². The van der Waals surface area contributed by atoms with E-state index < -0.39 is 0 Å². The number of hydrogen-bond donors (Lipinski definition) is 0. The third-order valence-corrected chi connectivity index (χ3v) is 2.77. The summed E-state index contributed by atoms with van der Waals surface area (Å²) >= 11 is 0. The molecule has 0 fully saturated rings. The summed E-state index contributed by atoms with van der Waals surface area (Å²) in [6.45, 7) is 4.69. The molecule has 100 valence electrons. The molecule has 0 bridgehead atoms. The third-order valence-electron chi connectivity index (χ3n) is 2.77. The number of hydrogen-bond acceptors (Lipinski definition) is 3. The lowest BCUT2D eigenvalue weighted by Crippen LogP contribution is -1.97. The standard InChI is InChI=1S/C14H27NO2/c1-2-3-4-9-12-17-13-10-7-5-6-8-11-15-14-16/h2-13H2,1H3. The molecule has 0 unspecified atom stereocenters. The molecule has 0 rings (SSSR count). The van der Waals surface area contributed by atoms with Crippen molar-refractivity contribution < 1.29 is 9.53 Å². The van der Waals surface area contributed by atoms with E-state index in [1.807, 2.05) is 0 Å². The number of rotatable bonds is 13. The Morgan fingerprint density at radius 1 is 0.882 bits per heavy atom. The van der Waals surface area contributed by atoms with Gasteiger partial charge >= 0.3 is 0 Å². The van der Waals surface area contributed by atoms with Crippen molar-refractivity contribution >= 4 is 6.08 Å². The number of ether oxygens (including phenoxy) is 1. The minimum Gasteiger partial charge on any atom is -0.381 e. The van der Waals surface area contributed by atoms with Crippen molar-refractivity contribution in [3.63, 3.8) is 0 Å². The van der Waals surface area contributed by atoms with Crippen LogP contribution in [0.2, 0.25) is 0 Å². The Bertz CT molecular complexity index is 189. The summed E-state index contributed by atoms with van der Waals surface area (Å²) in [4.78, 5) is 13.3. The highest BCUT2D eigenvalue weighted by Crippen LogP contribution is 2.04. The first-order valence-corrected chi connectivity index (χ1v) is 7.03. The van der Waals surface area contributed by atoms with E-state index in [1.165, 1.54) is 38.5 Å². The Morgan fingerprint density at radius 3 is 2.12 bits per heavy atom. The molecule has 0 heterocycles. The molecule has 0 aliphatic carbocycles. The third kappa shape index (κ3) is 15.3. The summed E-state index contributed by atoms with van der Waals surface area (Å²) < 4.78 is 5.56. The molecular weight excluding hydrogens is 214 g/mol. The summed E-state index contributed by atoms with van der Waals surface area (Å²) in [5, 5.41) is 0. The van der Waals surface area contributed by atoms with E-state index in [0.717, 1.165) is 32.5 Å². The average molecular weight is 241 g/mol. The highest BCUT2D eigenvalue weighted by Gasteiger charge is 1.92. The Labute approximate surface area is 106 Å². The average Bonchev–Trinajstić information content (AvgIpc) is 2.35. The summed E-state index contributed by atoms with van der Waals surface area (Å²) in [6, 6.07) is 0. The Balaban J connectivity index is 2.91. The topological polar surface area (TPSA) is 38.7 Å². The maximum atomic E-state index is 9.80. The van der Waals surface area contributed by atoms with Crippen molar-refractivity contribution in [3.05, 3.63) is 0 Å². The van der Waals surface area contributed by atoms with Gasteiger partial charge in [-0.15, -0.1) is 0 Å². The molecule has 0 aromatic rings. The minimum absolute atomic E-state index is 0.636. The van der Waals surface area contributed by atoms with Crippen molar-refractivity contribution in [3.8, 4) is 0 Å². The SMILES string of the molecule is CCCCCCOCCCCCCCN=C=O. The number of nitrogens with zero attached hydrogens (tertiary/aromatic N) is 1. The molecule has 0 aromatic heterocycles. The fraction of sp³-hybridized carbons (Fsp3) is 0.929. The van der Waals surface area contributed by atoms with Gasteiger partial charge in [0.2, 0.25) is 6.08 Å². The fourth-order valence-electron chi connectivity index (χ4n) is 1.70. The van der Waals surface area contributed by atoms with E-state index >= 15 is 0 Å². The van der Waals surface area contributed by atoms with E-state index in [0.29, 0.717) is 6.54 Å². The van der Waals surface area contributed by atoms with Gasteiger partial charge in [0.15, 0.2) is 0 Å². The summed E-state index contributed by atoms with van der Waals surface area (Å²) in [6.07, 6.45) is 12.4. The fourth-order valence-corrected chi connectivity index (χ4v) is 1.70. The molecule has 0 N–H and O–H groups in total. The van der Waals surface area contributed by atoms with E-state index in [1.54, 1.807) is 6.08 Å². The van der Waals surface area contributed by atoms with Crippen LogP contribution in [-0.4, -0.2) is 25.8 Å². The highest BCUT2D eigenvalue weighted by molar-refractivity contribution is 5.32. The minimum atomic E-state index is 0.636. The van der Waals surface area contributed by atoms with Crippen LogP contribution in [0.1, 0.15) is 64.7 Å². The van der Waals surface area contributed by atoms with Gasteiger partial charge in [-0.25, -0.2) is 9.79 Å². The van der Waals surface area contributed by atoms with Crippen LogP contribution in [0.4, 0.5) is 0 Å². The number of isocyanates is 1. The maximum Gasteiger partial charge on any atom is 0.234 e. The van der Waals surface area contributed by atoms with Crippen LogP contribution in [0.5, 0.6) is 0 Å². The Kier molecular flexibility index (Phi) is 14.7.